The van der Waals surface area contributed by atoms with Crippen molar-refractivity contribution in [3.63, 3.8) is 0 Å². The van der Waals surface area contributed by atoms with Gasteiger partial charge in [-0.1, -0.05) is 6.08 Å². The minimum Gasteiger partial charge on any atom is -0.481 e. The molecule has 0 heterocycles. The fraction of sp³-hybridized carbons (Fsp3) is 0.500. The highest BCUT2D eigenvalue weighted by atomic mass is 16.5. The number of nitriles is 1. The number of rotatable bonds is 4. The zero-order chi connectivity index (χ0) is 11.4. The molecule has 1 aliphatic carbocycles. The SMILES string of the molecule is CCOC(=O)C(C#N)=C[C@@H]1C[C@H]1C(=O)O. The van der Waals surface area contributed by atoms with Crippen molar-refractivity contribution in [2.24, 2.45) is 11.8 Å². The summed E-state index contributed by atoms with van der Waals surface area (Å²) in [5, 5.41) is 17.3. The molecule has 1 aliphatic rings. The first-order chi connectivity index (χ1) is 7.10. The van der Waals surface area contributed by atoms with Crippen LogP contribution in [0.25, 0.3) is 0 Å². The second-order valence-corrected chi connectivity index (χ2v) is 3.26. The van der Waals surface area contributed by atoms with Crippen molar-refractivity contribution in [3.05, 3.63) is 11.6 Å². The lowest BCUT2D eigenvalue weighted by Crippen LogP contribution is -2.07. The number of hydrogen-bond donors (Lipinski definition) is 1. The van der Waals surface area contributed by atoms with E-state index in [1.54, 1.807) is 13.0 Å². The van der Waals surface area contributed by atoms with Crippen molar-refractivity contribution in [2.75, 3.05) is 6.61 Å². The van der Waals surface area contributed by atoms with Crippen LogP contribution in [0.1, 0.15) is 13.3 Å². The molecule has 0 amide bonds. The van der Waals surface area contributed by atoms with E-state index >= 15 is 0 Å². The second kappa shape index (κ2) is 4.60. The Morgan fingerprint density at radius 2 is 2.33 bits per heavy atom. The van der Waals surface area contributed by atoms with Crippen LogP contribution in [0.15, 0.2) is 11.6 Å². The van der Waals surface area contributed by atoms with Gasteiger partial charge in [-0.2, -0.15) is 5.26 Å². The van der Waals surface area contributed by atoms with Crippen LogP contribution in [0.4, 0.5) is 0 Å². The minimum atomic E-state index is -0.891. The van der Waals surface area contributed by atoms with E-state index in [9.17, 15) is 9.59 Å². The van der Waals surface area contributed by atoms with E-state index in [1.165, 1.54) is 6.08 Å². The lowest BCUT2D eigenvalue weighted by molar-refractivity contribution is -0.139. The van der Waals surface area contributed by atoms with Crippen LogP contribution < -0.4 is 0 Å². The topological polar surface area (TPSA) is 87.4 Å². The average Bonchev–Trinajstić information content (AvgIpc) is 2.93. The number of nitrogens with zero attached hydrogens (tertiary/aromatic N) is 1. The van der Waals surface area contributed by atoms with Gasteiger partial charge in [-0.15, -0.1) is 0 Å². The largest absolute Gasteiger partial charge is 0.481 e. The molecule has 5 nitrogen and oxygen atoms in total. The van der Waals surface area contributed by atoms with Crippen LogP contribution in [-0.2, 0) is 14.3 Å². The average molecular weight is 209 g/mol. The molecule has 0 spiro atoms. The Labute approximate surface area is 87.0 Å². The minimum absolute atomic E-state index is 0.106. The molecular weight excluding hydrogens is 198 g/mol. The Hall–Kier alpha value is -1.83. The number of carbonyl (C=O) groups is 2. The van der Waals surface area contributed by atoms with Crippen molar-refractivity contribution in [3.8, 4) is 6.07 Å². The molecule has 0 saturated heterocycles. The van der Waals surface area contributed by atoms with Gasteiger partial charge in [-0.3, -0.25) is 4.79 Å². The highest BCUT2D eigenvalue weighted by molar-refractivity contribution is 5.93. The molecule has 1 N–H and O–H groups in total. The van der Waals surface area contributed by atoms with E-state index in [0.717, 1.165) is 0 Å². The third-order valence-corrected chi connectivity index (χ3v) is 2.15. The summed E-state index contributed by atoms with van der Waals surface area (Å²) in [5.74, 6) is -2.24. The van der Waals surface area contributed by atoms with Crippen LogP contribution in [0, 0.1) is 23.2 Å². The summed E-state index contributed by atoms with van der Waals surface area (Å²) in [6.07, 6.45) is 1.87. The number of carboxylic acids is 1. The standard InChI is InChI=1S/C10H11NO4/c1-2-15-10(14)7(5-11)3-6-4-8(6)9(12)13/h3,6,8H,2,4H2,1H3,(H,12,13)/t6-,8-/m1/s1. The fourth-order valence-corrected chi connectivity index (χ4v) is 1.26. The number of aliphatic carboxylic acids is 1. The lowest BCUT2D eigenvalue weighted by Gasteiger charge is -1.98. The van der Waals surface area contributed by atoms with Crippen LogP contribution >= 0.6 is 0 Å². The van der Waals surface area contributed by atoms with Gasteiger partial charge in [-0.25, -0.2) is 4.79 Å². The Kier molecular flexibility index (Phi) is 3.45. The normalized spacial score (nSPS) is 24.1. The molecule has 5 heteroatoms. The number of carboxylic acid groups (broad SMARTS) is 1. The van der Waals surface area contributed by atoms with Crippen LogP contribution in [0.3, 0.4) is 0 Å². The number of hydrogen-bond acceptors (Lipinski definition) is 4. The van der Waals surface area contributed by atoms with Gasteiger partial charge < -0.3 is 9.84 Å². The highest BCUT2D eigenvalue weighted by Gasteiger charge is 2.42. The molecule has 2 atom stereocenters. The third kappa shape index (κ3) is 2.81. The maximum atomic E-state index is 11.2. The fourth-order valence-electron chi connectivity index (χ4n) is 1.26. The predicted molar refractivity (Wildman–Crippen MR) is 49.6 cm³/mol. The molecule has 80 valence electrons. The van der Waals surface area contributed by atoms with E-state index in [2.05, 4.69) is 4.74 Å². The first-order valence-electron chi connectivity index (χ1n) is 4.62. The number of esters is 1. The number of ether oxygens (including phenoxy) is 1. The van der Waals surface area contributed by atoms with E-state index < -0.39 is 17.9 Å². The van der Waals surface area contributed by atoms with Gasteiger partial charge in [0.15, 0.2) is 0 Å². The Morgan fingerprint density at radius 1 is 1.67 bits per heavy atom. The summed E-state index contributed by atoms with van der Waals surface area (Å²) >= 11 is 0. The Bertz CT molecular complexity index is 353. The highest BCUT2D eigenvalue weighted by Crippen LogP contribution is 2.40. The molecular formula is C10H11NO4. The zero-order valence-corrected chi connectivity index (χ0v) is 8.27. The van der Waals surface area contributed by atoms with Crippen molar-refractivity contribution in [2.45, 2.75) is 13.3 Å². The molecule has 0 aromatic carbocycles. The first kappa shape index (κ1) is 11.2. The molecule has 1 fully saturated rings. The van der Waals surface area contributed by atoms with Gasteiger partial charge in [0, 0.05) is 0 Å². The molecule has 1 saturated carbocycles. The van der Waals surface area contributed by atoms with Crippen LogP contribution in [0.5, 0.6) is 0 Å². The quantitative estimate of drug-likeness (QED) is 0.418. The van der Waals surface area contributed by atoms with Gasteiger partial charge in [0.25, 0.3) is 0 Å². The maximum absolute atomic E-state index is 11.2. The van der Waals surface area contributed by atoms with Crippen LogP contribution in [-0.4, -0.2) is 23.7 Å². The molecule has 0 unspecified atom stereocenters. The summed E-state index contributed by atoms with van der Waals surface area (Å²) in [6.45, 7) is 1.84. The number of allylic oxidation sites excluding steroid dienone is 1. The summed E-state index contributed by atoms with van der Waals surface area (Å²) in [4.78, 5) is 21.7. The summed E-state index contributed by atoms with van der Waals surface area (Å²) in [5.41, 5.74) is -0.106. The summed E-state index contributed by atoms with van der Waals surface area (Å²) < 4.78 is 4.64. The molecule has 0 aliphatic heterocycles. The summed E-state index contributed by atoms with van der Waals surface area (Å²) in [7, 11) is 0. The second-order valence-electron chi connectivity index (χ2n) is 3.26. The van der Waals surface area contributed by atoms with Crippen molar-refractivity contribution in [1.82, 2.24) is 0 Å². The van der Waals surface area contributed by atoms with Crippen molar-refractivity contribution in [1.29, 1.82) is 5.26 Å². The maximum Gasteiger partial charge on any atom is 0.348 e. The monoisotopic (exact) mass is 209 g/mol. The molecule has 0 aromatic heterocycles. The Morgan fingerprint density at radius 3 is 2.73 bits per heavy atom. The summed E-state index contributed by atoms with van der Waals surface area (Å²) in [6, 6.07) is 1.71. The van der Waals surface area contributed by atoms with Gasteiger partial charge in [0.05, 0.1) is 12.5 Å². The molecule has 0 radical (unpaired) electrons. The van der Waals surface area contributed by atoms with E-state index in [-0.39, 0.29) is 18.1 Å². The smallest absolute Gasteiger partial charge is 0.348 e. The lowest BCUT2D eigenvalue weighted by atomic mass is 10.2. The molecule has 0 bridgehead atoms. The predicted octanol–water partition coefficient (Wildman–Crippen LogP) is 0.720. The van der Waals surface area contributed by atoms with Gasteiger partial charge >= 0.3 is 11.9 Å². The zero-order valence-electron chi connectivity index (χ0n) is 8.27. The molecule has 0 aromatic rings. The number of carbonyl (C=O) groups excluding carboxylic acids is 1. The first-order valence-corrected chi connectivity index (χ1v) is 4.62. The Balaban J connectivity index is 2.61. The van der Waals surface area contributed by atoms with E-state index in [4.69, 9.17) is 10.4 Å². The van der Waals surface area contributed by atoms with E-state index in [0.29, 0.717) is 6.42 Å². The van der Waals surface area contributed by atoms with Gasteiger partial charge in [0.1, 0.15) is 11.6 Å². The van der Waals surface area contributed by atoms with Crippen LogP contribution in [0.2, 0.25) is 0 Å². The third-order valence-electron chi connectivity index (χ3n) is 2.15. The van der Waals surface area contributed by atoms with Crippen molar-refractivity contribution < 1.29 is 19.4 Å². The molecule has 1 rings (SSSR count). The van der Waals surface area contributed by atoms with Gasteiger partial charge in [-0.05, 0) is 19.3 Å². The van der Waals surface area contributed by atoms with Crippen molar-refractivity contribution >= 4 is 11.9 Å². The van der Waals surface area contributed by atoms with Gasteiger partial charge in [0.2, 0.25) is 0 Å². The van der Waals surface area contributed by atoms with E-state index in [1.807, 2.05) is 0 Å². The molecule has 15 heavy (non-hydrogen) atoms.